The van der Waals surface area contributed by atoms with Gasteiger partial charge in [0.2, 0.25) is 15.8 Å². The molecule has 0 saturated heterocycles. The number of halogens is 4. The lowest BCUT2D eigenvalue weighted by molar-refractivity contribution is -0.144. The fourth-order valence-electron chi connectivity index (χ4n) is 4.05. The summed E-state index contributed by atoms with van der Waals surface area (Å²) < 4.78 is 78.7. The van der Waals surface area contributed by atoms with Crippen LogP contribution in [0.5, 0.6) is 0 Å². The van der Waals surface area contributed by atoms with E-state index >= 15 is 0 Å². The number of rotatable bonds is 5. The number of hydrogen-bond acceptors (Lipinski definition) is 5. The monoisotopic (exact) mass is 494 g/mol. The van der Waals surface area contributed by atoms with Gasteiger partial charge < -0.3 is 5.32 Å². The van der Waals surface area contributed by atoms with Gasteiger partial charge in [-0.3, -0.25) is 0 Å². The second-order valence-corrected chi connectivity index (χ2v) is 9.74. The van der Waals surface area contributed by atoms with Crippen LogP contribution in [0.2, 0.25) is 0 Å². The minimum atomic E-state index is -4.83. The van der Waals surface area contributed by atoms with Crippen LogP contribution in [-0.4, -0.2) is 24.4 Å². The zero-order chi connectivity index (χ0) is 24.5. The normalized spacial score (nSPS) is 15.3. The molecule has 3 N–H and O–H groups in total. The molecule has 0 atom stereocenters. The van der Waals surface area contributed by atoms with E-state index in [0.717, 1.165) is 44.2 Å². The van der Waals surface area contributed by atoms with E-state index in [4.69, 9.17) is 5.14 Å². The molecule has 3 aromatic rings. The van der Waals surface area contributed by atoms with Crippen molar-refractivity contribution in [2.45, 2.75) is 49.2 Å². The minimum Gasteiger partial charge on any atom is -0.367 e. The van der Waals surface area contributed by atoms with Gasteiger partial charge in [-0.05, 0) is 54.8 Å². The van der Waals surface area contributed by atoms with Crippen LogP contribution in [0, 0.1) is 5.82 Å². The molecule has 34 heavy (non-hydrogen) atoms. The molecular weight excluding hydrogens is 472 g/mol. The van der Waals surface area contributed by atoms with E-state index in [1.807, 2.05) is 0 Å². The van der Waals surface area contributed by atoms with E-state index in [1.54, 1.807) is 6.07 Å². The Morgan fingerprint density at radius 2 is 1.62 bits per heavy atom. The minimum absolute atomic E-state index is 0.0693. The van der Waals surface area contributed by atoms with Crippen LogP contribution < -0.4 is 10.5 Å². The van der Waals surface area contributed by atoms with Crippen molar-refractivity contribution in [3.05, 3.63) is 60.2 Å². The molecule has 1 heterocycles. The highest BCUT2D eigenvalue weighted by Crippen LogP contribution is 2.40. The van der Waals surface area contributed by atoms with Crippen molar-refractivity contribution in [2.75, 3.05) is 5.32 Å². The molecule has 0 amide bonds. The van der Waals surface area contributed by atoms with E-state index < -0.39 is 27.8 Å². The molecule has 0 aliphatic heterocycles. The zero-order valence-corrected chi connectivity index (χ0v) is 18.8. The lowest BCUT2D eigenvalue weighted by Gasteiger charge is -2.26. The van der Waals surface area contributed by atoms with Gasteiger partial charge in [0.05, 0.1) is 16.2 Å². The highest BCUT2D eigenvalue weighted by molar-refractivity contribution is 7.89. The summed E-state index contributed by atoms with van der Waals surface area (Å²) >= 11 is 0. The van der Waals surface area contributed by atoms with E-state index in [2.05, 4.69) is 15.3 Å². The summed E-state index contributed by atoms with van der Waals surface area (Å²) in [6.07, 6.45) is -0.424. The highest BCUT2D eigenvalue weighted by Gasteiger charge is 2.37. The van der Waals surface area contributed by atoms with Crippen LogP contribution in [0.4, 0.5) is 23.4 Å². The first-order valence-corrected chi connectivity index (χ1v) is 12.2. The molecule has 11 heteroatoms. The molecule has 4 rings (SSSR count). The van der Waals surface area contributed by atoms with Crippen LogP contribution in [0.15, 0.2) is 53.4 Å². The maximum Gasteiger partial charge on any atom is 0.451 e. The number of benzene rings is 2. The van der Waals surface area contributed by atoms with Crippen LogP contribution >= 0.6 is 0 Å². The predicted molar refractivity (Wildman–Crippen MR) is 120 cm³/mol. The van der Waals surface area contributed by atoms with Crippen LogP contribution in [0.3, 0.4) is 0 Å². The first-order chi connectivity index (χ1) is 16.0. The number of aromatic nitrogens is 2. The SMILES string of the molecule is NS(=O)(=O)c1cccc(-c2c(NC3CCCCC3)nc(C(F)(F)F)nc2-c2ccc(F)cc2)c1. The lowest BCUT2D eigenvalue weighted by Crippen LogP contribution is -2.25. The van der Waals surface area contributed by atoms with Gasteiger partial charge in [-0.25, -0.2) is 27.9 Å². The lowest BCUT2D eigenvalue weighted by atomic mass is 9.94. The standard InChI is InChI=1S/C23H22F4N4O2S/c24-16-11-9-14(10-12-16)20-19(15-5-4-8-18(13-15)34(28,32)33)21(29-17-6-2-1-3-7-17)31-22(30-20)23(25,26)27/h4-5,8-13,17H,1-3,6-7H2,(H2,28,32,33)(H,29,30,31). The Bertz CT molecular complexity index is 1290. The molecule has 0 bridgehead atoms. The summed E-state index contributed by atoms with van der Waals surface area (Å²) in [5.41, 5.74) is 0.553. The predicted octanol–water partition coefficient (Wildman–Crippen LogP) is 5.36. The first kappa shape index (κ1) is 24.1. The van der Waals surface area contributed by atoms with Crippen molar-refractivity contribution in [3.8, 4) is 22.4 Å². The maximum atomic E-state index is 13.8. The van der Waals surface area contributed by atoms with Crippen LogP contribution in [0.25, 0.3) is 22.4 Å². The summed E-state index contributed by atoms with van der Waals surface area (Å²) in [5, 5.41) is 8.41. The molecule has 0 spiro atoms. The number of sulfonamides is 1. The largest absolute Gasteiger partial charge is 0.451 e. The molecule has 1 saturated carbocycles. The van der Waals surface area contributed by atoms with Gasteiger partial charge in [-0.2, -0.15) is 13.2 Å². The Balaban J connectivity index is 1.99. The number of anilines is 1. The van der Waals surface area contributed by atoms with Gasteiger partial charge in [0.25, 0.3) is 0 Å². The molecule has 2 aromatic carbocycles. The van der Waals surface area contributed by atoms with Gasteiger partial charge >= 0.3 is 6.18 Å². The third-order valence-corrected chi connectivity index (χ3v) is 6.59. The number of hydrogen-bond donors (Lipinski definition) is 2. The van der Waals surface area contributed by atoms with E-state index in [9.17, 15) is 26.0 Å². The van der Waals surface area contributed by atoms with Crippen molar-refractivity contribution < 1.29 is 26.0 Å². The Kier molecular flexibility index (Phi) is 6.59. The number of alkyl halides is 3. The molecular formula is C23H22F4N4O2S. The van der Waals surface area contributed by atoms with Gasteiger partial charge in [-0.1, -0.05) is 31.4 Å². The molecule has 1 aliphatic rings. The Labute approximate surface area is 194 Å². The summed E-state index contributed by atoms with van der Waals surface area (Å²) in [7, 11) is -4.08. The summed E-state index contributed by atoms with van der Waals surface area (Å²) in [5.74, 6) is -1.98. The average Bonchev–Trinajstić information content (AvgIpc) is 2.79. The van der Waals surface area contributed by atoms with Gasteiger partial charge in [-0.15, -0.1) is 0 Å². The summed E-state index contributed by atoms with van der Waals surface area (Å²) in [6.45, 7) is 0. The van der Waals surface area contributed by atoms with E-state index in [1.165, 1.54) is 30.3 Å². The fraction of sp³-hybridized carbons (Fsp3) is 0.304. The third-order valence-electron chi connectivity index (χ3n) is 5.68. The first-order valence-electron chi connectivity index (χ1n) is 10.7. The Hall–Kier alpha value is -3.05. The Morgan fingerprint density at radius 3 is 2.24 bits per heavy atom. The number of nitrogens with zero attached hydrogens (tertiary/aromatic N) is 2. The third kappa shape index (κ3) is 5.36. The van der Waals surface area contributed by atoms with Gasteiger partial charge in [0, 0.05) is 11.6 Å². The van der Waals surface area contributed by atoms with Crippen molar-refractivity contribution in [2.24, 2.45) is 5.14 Å². The molecule has 6 nitrogen and oxygen atoms in total. The number of nitrogens with one attached hydrogen (secondary N) is 1. The van der Waals surface area contributed by atoms with Gasteiger partial charge in [0.15, 0.2) is 0 Å². The molecule has 1 aliphatic carbocycles. The van der Waals surface area contributed by atoms with Gasteiger partial charge in [0.1, 0.15) is 11.6 Å². The smallest absolute Gasteiger partial charge is 0.367 e. The topological polar surface area (TPSA) is 98.0 Å². The Morgan fingerprint density at radius 1 is 0.941 bits per heavy atom. The average molecular weight is 495 g/mol. The van der Waals surface area contributed by atoms with Crippen molar-refractivity contribution in [3.63, 3.8) is 0 Å². The maximum absolute atomic E-state index is 13.8. The van der Waals surface area contributed by atoms with Crippen molar-refractivity contribution in [1.29, 1.82) is 0 Å². The summed E-state index contributed by atoms with van der Waals surface area (Å²) in [4.78, 5) is 7.38. The number of primary sulfonamides is 1. The molecule has 0 unspecified atom stereocenters. The quantitative estimate of drug-likeness (QED) is 0.466. The highest BCUT2D eigenvalue weighted by atomic mass is 32.2. The van der Waals surface area contributed by atoms with Crippen LogP contribution in [-0.2, 0) is 16.2 Å². The number of nitrogens with two attached hydrogens (primary N) is 1. The second-order valence-electron chi connectivity index (χ2n) is 8.18. The van der Waals surface area contributed by atoms with E-state index in [-0.39, 0.29) is 39.1 Å². The van der Waals surface area contributed by atoms with Crippen molar-refractivity contribution >= 4 is 15.8 Å². The molecule has 1 aromatic heterocycles. The second kappa shape index (κ2) is 9.30. The molecule has 1 fully saturated rings. The fourth-order valence-corrected chi connectivity index (χ4v) is 4.61. The van der Waals surface area contributed by atoms with Crippen LogP contribution in [0.1, 0.15) is 37.9 Å². The molecule has 0 radical (unpaired) electrons. The summed E-state index contributed by atoms with van der Waals surface area (Å²) in [6, 6.07) is 10.3. The van der Waals surface area contributed by atoms with E-state index in [0.29, 0.717) is 0 Å². The zero-order valence-electron chi connectivity index (χ0n) is 17.9. The van der Waals surface area contributed by atoms with Crippen molar-refractivity contribution in [1.82, 2.24) is 9.97 Å². The molecule has 180 valence electrons.